The lowest BCUT2D eigenvalue weighted by molar-refractivity contribution is 0.101. The first-order chi connectivity index (χ1) is 4.22. The smallest absolute Gasteiger partial charge is 0.0667 e. The number of aliphatic hydroxyl groups is 1. The number of rotatable bonds is 1. The summed E-state index contributed by atoms with van der Waals surface area (Å²) in [5.74, 6) is 0. The van der Waals surface area contributed by atoms with Gasteiger partial charge in [-0.3, -0.25) is 0 Å². The first-order valence-electron chi connectivity index (χ1n) is 3.60. The van der Waals surface area contributed by atoms with E-state index in [0.717, 1.165) is 13.0 Å². The molecule has 1 heterocycles. The van der Waals surface area contributed by atoms with E-state index in [0.29, 0.717) is 6.04 Å². The van der Waals surface area contributed by atoms with Crippen molar-refractivity contribution < 1.29 is 5.11 Å². The van der Waals surface area contributed by atoms with Crippen molar-refractivity contribution in [2.75, 3.05) is 13.6 Å². The highest BCUT2D eigenvalue weighted by atomic mass is 16.3. The van der Waals surface area contributed by atoms with E-state index in [2.05, 4.69) is 11.9 Å². The molecule has 54 valence electrons. The molecule has 0 aromatic rings. The summed E-state index contributed by atoms with van der Waals surface area (Å²) in [6.07, 6.45) is 2.25. The average Bonchev–Trinajstić information content (AvgIpc) is 2.13. The molecule has 2 nitrogen and oxygen atoms in total. The molecule has 0 bridgehead atoms. The maximum Gasteiger partial charge on any atom is 0.0667 e. The van der Waals surface area contributed by atoms with Crippen molar-refractivity contribution in [3.63, 3.8) is 0 Å². The maximum absolute atomic E-state index is 9.18. The molecule has 0 aromatic heterocycles. The van der Waals surface area contributed by atoms with E-state index in [4.69, 9.17) is 0 Å². The van der Waals surface area contributed by atoms with Crippen LogP contribution < -0.4 is 0 Å². The number of likely N-dealkylation sites (N-methyl/N-ethyl adjacent to an activating group) is 1. The van der Waals surface area contributed by atoms with Crippen LogP contribution in [0, 0.1) is 0 Å². The minimum Gasteiger partial charge on any atom is -0.392 e. The Bertz CT molecular complexity index is 92.9. The summed E-state index contributed by atoms with van der Waals surface area (Å²) >= 11 is 0. The van der Waals surface area contributed by atoms with Crippen molar-refractivity contribution in [3.05, 3.63) is 0 Å². The van der Waals surface area contributed by atoms with Gasteiger partial charge in [0, 0.05) is 6.04 Å². The number of hydrogen-bond acceptors (Lipinski definition) is 2. The zero-order chi connectivity index (χ0) is 6.85. The predicted molar refractivity (Wildman–Crippen MR) is 37.3 cm³/mol. The number of likely N-dealkylation sites (tertiary alicyclic amines) is 1. The van der Waals surface area contributed by atoms with Gasteiger partial charge in [0.15, 0.2) is 0 Å². The van der Waals surface area contributed by atoms with Gasteiger partial charge in [-0.15, -0.1) is 0 Å². The van der Waals surface area contributed by atoms with Crippen LogP contribution in [0.1, 0.15) is 19.8 Å². The molecule has 1 aliphatic heterocycles. The van der Waals surface area contributed by atoms with E-state index in [1.54, 1.807) is 0 Å². The van der Waals surface area contributed by atoms with Gasteiger partial charge >= 0.3 is 0 Å². The van der Waals surface area contributed by atoms with Crippen LogP contribution in [0.2, 0.25) is 0 Å². The van der Waals surface area contributed by atoms with Crippen molar-refractivity contribution in [1.29, 1.82) is 0 Å². The van der Waals surface area contributed by atoms with E-state index in [-0.39, 0.29) is 6.10 Å². The SMILES string of the molecule is C[C@@H](O)[C@H]1CCCN1C. The van der Waals surface area contributed by atoms with Gasteiger partial charge in [0.05, 0.1) is 6.10 Å². The van der Waals surface area contributed by atoms with E-state index in [9.17, 15) is 5.11 Å². The molecule has 1 N–H and O–H groups in total. The van der Waals surface area contributed by atoms with Crippen molar-refractivity contribution in [3.8, 4) is 0 Å². The Hall–Kier alpha value is -0.0800. The summed E-state index contributed by atoms with van der Waals surface area (Å²) in [7, 11) is 2.07. The molecule has 0 aliphatic carbocycles. The summed E-state index contributed by atoms with van der Waals surface area (Å²) < 4.78 is 0. The summed E-state index contributed by atoms with van der Waals surface area (Å²) in [5, 5.41) is 9.18. The topological polar surface area (TPSA) is 23.5 Å². The fraction of sp³-hybridized carbons (Fsp3) is 1.00. The summed E-state index contributed by atoms with van der Waals surface area (Å²) in [6, 6.07) is 0.421. The molecule has 0 saturated carbocycles. The summed E-state index contributed by atoms with van der Waals surface area (Å²) in [4.78, 5) is 2.23. The second-order valence-corrected chi connectivity index (χ2v) is 2.93. The van der Waals surface area contributed by atoms with Crippen molar-refractivity contribution >= 4 is 0 Å². The fourth-order valence-electron chi connectivity index (χ4n) is 1.55. The third-order valence-corrected chi connectivity index (χ3v) is 2.13. The number of hydrogen-bond donors (Lipinski definition) is 1. The Labute approximate surface area is 56.5 Å². The van der Waals surface area contributed by atoms with Crippen LogP contribution in [0.4, 0.5) is 0 Å². The highest BCUT2D eigenvalue weighted by Crippen LogP contribution is 2.17. The molecule has 1 aliphatic rings. The van der Waals surface area contributed by atoms with Crippen LogP contribution in [0.15, 0.2) is 0 Å². The Kier molecular flexibility index (Phi) is 2.09. The third kappa shape index (κ3) is 1.43. The quantitative estimate of drug-likeness (QED) is 0.556. The molecule has 1 saturated heterocycles. The first kappa shape index (κ1) is 7.03. The molecule has 0 aromatic carbocycles. The number of nitrogens with zero attached hydrogens (tertiary/aromatic N) is 1. The molecule has 1 fully saturated rings. The number of aliphatic hydroxyl groups excluding tert-OH is 1. The zero-order valence-corrected chi connectivity index (χ0v) is 6.17. The maximum atomic E-state index is 9.18. The van der Waals surface area contributed by atoms with Crippen LogP contribution >= 0.6 is 0 Å². The van der Waals surface area contributed by atoms with Crippen molar-refractivity contribution in [1.82, 2.24) is 4.90 Å². The Morgan fingerprint density at radius 2 is 2.33 bits per heavy atom. The lowest BCUT2D eigenvalue weighted by atomic mass is 10.1. The van der Waals surface area contributed by atoms with Gasteiger partial charge in [-0.05, 0) is 33.4 Å². The molecule has 0 spiro atoms. The third-order valence-electron chi connectivity index (χ3n) is 2.13. The molecule has 0 amide bonds. The van der Waals surface area contributed by atoms with Crippen LogP contribution in [0.25, 0.3) is 0 Å². The van der Waals surface area contributed by atoms with E-state index >= 15 is 0 Å². The standard InChI is InChI=1S/C7H15NO/c1-6(9)7-4-3-5-8(7)2/h6-7,9H,3-5H2,1-2H3/t6-,7-/m1/s1. The minimum atomic E-state index is -0.155. The van der Waals surface area contributed by atoms with Gasteiger partial charge in [-0.25, -0.2) is 0 Å². The average molecular weight is 129 g/mol. The predicted octanol–water partition coefficient (Wildman–Crippen LogP) is 0.461. The van der Waals surface area contributed by atoms with Crippen molar-refractivity contribution in [2.24, 2.45) is 0 Å². The zero-order valence-electron chi connectivity index (χ0n) is 6.17. The molecule has 0 unspecified atom stereocenters. The van der Waals surface area contributed by atoms with Gasteiger partial charge in [-0.1, -0.05) is 0 Å². The molecule has 1 rings (SSSR count). The molecule has 2 atom stereocenters. The van der Waals surface area contributed by atoms with Crippen molar-refractivity contribution in [2.45, 2.75) is 31.9 Å². The second kappa shape index (κ2) is 2.67. The lowest BCUT2D eigenvalue weighted by Gasteiger charge is -2.21. The van der Waals surface area contributed by atoms with Crippen LogP contribution in [0.3, 0.4) is 0 Å². The highest BCUT2D eigenvalue weighted by molar-refractivity contribution is 4.79. The van der Waals surface area contributed by atoms with Gasteiger partial charge < -0.3 is 10.0 Å². The summed E-state index contributed by atoms with van der Waals surface area (Å²) in [6.45, 7) is 3.02. The van der Waals surface area contributed by atoms with E-state index in [1.165, 1.54) is 6.42 Å². The molecule has 9 heavy (non-hydrogen) atoms. The Balaban J connectivity index is 2.40. The van der Waals surface area contributed by atoms with Gasteiger partial charge in [0.1, 0.15) is 0 Å². The van der Waals surface area contributed by atoms with Gasteiger partial charge in [-0.2, -0.15) is 0 Å². The first-order valence-corrected chi connectivity index (χ1v) is 3.60. The largest absolute Gasteiger partial charge is 0.392 e. The minimum absolute atomic E-state index is 0.155. The van der Waals surface area contributed by atoms with Crippen LogP contribution in [0.5, 0.6) is 0 Å². The Morgan fingerprint density at radius 1 is 1.67 bits per heavy atom. The second-order valence-electron chi connectivity index (χ2n) is 2.93. The lowest BCUT2D eigenvalue weighted by Crippen LogP contribution is -2.34. The monoisotopic (exact) mass is 129 g/mol. The fourth-order valence-corrected chi connectivity index (χ4v) is 1.55. The molecule has 2 heteroatoms. The van der Waals surface area contributed by atoms with Gasteiger partial charge in [0.25, 0.3) is 0 Å². The summed E-state index contributed by atoms with van der Waals surface area (Å²) in [5.41, 5.74) is 0. The Morgan fingerprint density at radius 3 is 2.56 bits per heavy atom. The molecular weight excluding hydrogens is 114 g/mol. The van der Waals surface area contributed by atoms with E-state index in [1.807, 2.05) is 6.92 Å². The molecule has 0 radical (unpaired) electrons. The van der Waals surface area contributed by atoms with Crippen LogP contribution in [-0.2, 0) is 0 Å². The highest BCUT2D eigenvalue weighted by Gasteiger charge is 2.24. The van der Waals surface area contributed by atoms with Gasteiger partial charge in [0.2, 0.25) is 0 Å². The normalized spacial score (nSPS) is 33.0. The molecular formula is C7H15NO. The van der Waals surface area contributed by atoms with Crippen LogP contribution in [-0.4, -0.2) is 35.7 Å². The van der Waals surface area contributed by atoms with E-state index < -0.39 is 0 Å².